The molecule has 21 heavy (non-hydrogen) atoms. The number of hydrogen-bond acceptors (Lipinski definition) is 3. The van der Waals surface area contributed by atoms with Gasteiger partial charge in [0, 0.05) is 26.1 Å². The maximum Gasteiger partial charge on any atom is 0.387 e. The monoisotopic (exact) mass is 322 g/mol. The molecule has 1 rings (SSSR count). The first-order chi connectivity index (χ1) is 9.43. The number of alkyl halides is 2. The van der Waals surface area contributed by atoms with Crippen LogP contribution in [-0.4, -0.2) is 38.1 Å². The standard InChI is InChI=1S/C14H20F2N2O2.ClH/c1-10(8-17-2)13(19)18(3)9-11-4-6-12(7-5-11)20-14(15)16;/h4-7,10,14,17H,8-9H2,1-3H3;1H. The first-order valence-electron chi connectivity index (χ1n) is 6.37. The molecule has 0 bridgehead atoms. The van der Waals surface area contributed by atoms with E-state index in [4.69, 9.17) is 0 Å². The fourth-order valence-corrected chi connectivity index (χ4v) is 1.90. The predicted octanol–water partition coefficient (Wildman–Crippen LogP) is 2.52. The highest BCUT2D eigenvalue weighted by molar-refractivity contribution is 5.85. The van der Waals surface area contributed by atoms with Crippen molar-refractivity contribution in [2.24, 2.45) is 5.92 Å². The highest BCUT2D eigenvalue weighted by Gasteiger charge is 2.16. The van der Waals surface area contributed by atoms with Crippen LogP contribution in [0.1, 0.15) is 12.5 Å². The van der Waals surface area contributed by atoms with Gasteiger partial charge in [-0.15, -0.1) is 12.4 Å². The van der Waals surface area contributed by atoms with Crippen LogP contribution in [0.5, 0.6) is 5.75 Å². The highest BCUT2D eigenvalue weighted by atomic mass is 35.5. The van der Waals surface area contributed by atoms with Crippen molar-refractivity contribution in [2.45, 2.75) is 20.1 Å². The van der Waals surface area contributed by atoms with Gasteiger partial charge in [0.05, 0.1) is 0 Å². The molecule has 0 aromatic heterocycles. The zero-order valence-electron chi connectivity index (χ0n) is 12.3. The van der Waals surface area contributed by atoms with E-state index in [0.29, 0.717) is 13.1 Å². The molecule has 0 radical (unpaired) electrons. The first-order valence-corrected chi connectivity index (χ1v) is 6.37. The lowest BCUT2D eigenvalue weighted by molar-refractivity contribution is -0.134. The smallest absolute Gasteiger partial charge is 0.387 e. The van der Waals surface area contributed by atoms with Gasteiger partial charge >= 0.3 is 6.61 Å². The minimum Gasteiger partial charge on any atom is -0.435 e. The molecular formula is C14H21ClF2N2O2. The van der Waals surface area contributed by atoms with Gasteiger partial charge in [0.2, 0.25) is 5.91 Å². The number of carbonyl (C=O) groups excluding carboxylic acids is 1. The van der Waals surface area contributed by atoms with E-state index < -0.39 is 6.61 Å². The van der Waals surface area contributed by atoms with Crippen molar-refractivity contribution in [3.8, 4) is 5.75 Å². The summed E-state index contributed by atoms with van der Waals surface area (Å²) in [4.78, 5) is 13.6. The largest absolute Gasteiger partial charge is 0.435 e. The van der Waals surface area contributed by atoms with Crippen molar-refractivity contribution in [1.29, 1.82) is 0 Å². The Hall–Kier alpha value is -1.40. The average molecular weight is 323 g/mol. The summed E-state index contributed by atoms with van der Waals surface area (Å²) in [6.45, 7) is 0.0775. The van der Waals surface area contributed by atoms with Crippen LogP contribution in [-0.2, 0) is 11.3 Å². The summed E-state index contributed by atoms with van der Waals surface area (Å²) in [5.74, 6) is 0.0416. The van der Waals surface area contributed by atoms with Crippen molar-refractivity contribution >= 4 is 18.3 Å². The number of nitrogens with one attached hydrogen (secondary N) is 1. The second kappa shape index (κ2) is 9.52. The fourth-order valence-electron chi connectivity index (χ4n) is 1.90. The Morgan fingerprint density at radius 2 is 1.90 bits per heavy atom. The van der Waals surface area contributed by atoms with Crippen LogP contribution in [0.4, 0.5) is 8.78 Å². The Labute approximate surface area is 129 Å². The molecule has 0 heterocycles. The lowest BCUT2D eigenvalue weighted by atomic mass is 10.1. The molecule has 1 aromatic rings. The Morgan fingerprint density at radius 1 is 1.33 bits per heavy atom. The summed E-state index contributed by atoms with van der Waals surface area (Å²) in [6, 6.07) is 6.28. The number of amides is 1. The normalized spacial score (nSPS) is 11.7. The molecule has 1 N–H and O–H groups in total. The van der Waals surface area contributed by atoms with Gasteiger partial charge < -0.3 is 15.0 Å². The average Bonchev–Trinajstić information content (AvgIpc) is 2.39. The van der Waals surface area contributed by atoms with Gasteiger partial charge in [0.25, 0.3) is 0 Å². The van der Waals surface area contributed by atoms with E-state index in [1.165, 1.54) is 12.1 Å². The van der Waals surface area contributed by atoms with E-state index >= 15 is 0 Å². The van der Waals surface area contributed by atoms with E-state index in [1.54, 1.807) is 31.1 Å². The molecule has 1 atom stereocenters. The topological polar surface area (TPSA) is 41.6 Å². The molecule has 1 aromatic carbocycles. The first kappa shape index (κ1) is 19.6. The number of halogens is 3. The van der Waals surface area contributed by atoms with Crippen LogP contribution >= 0.6 is 12.4 Å². The second-order valence-corrected chi connectivity index (χ2v) is 4.68. The minimum absolute atomic E-state index is 0. The third-order valence-corrected chi connectivity index (χ3v) is 2.88. The molecule has 0 aliphatic rings. The van der Waals surface area contributed by atoms with Gasteiger partial charge in [0.1, 0.15) is 5.75 Å². The van der Waals surface area contributed by atoms with Crippen molar-refractivity contribution in [3.05, 3.63) is 29.8 Å². The number of hydrogen-bond donors (Lipinski definition) is 1. The molecule has 0 spiro atoms. The van der Waals surface area contributed by atoms with Gasteiger partial charge in [-0.1, -0.05) is 19.1 Å². The van der Waals surface area contributed by atoms with Crippen molar-refractivity contribution in [3.63, 3.8) is 0 Å². The quantitative estimate of drug-likeness (QED) is 0.838. The van der Waals surface area contributed by atoms with E-state index in [1.807, 2.05) is 6.92 Å². The summed E-state index contributed by atoms with van der Waals surface area (Å²) in [5.41, 5.74) is 0.860. The third kappa shape index (κ3) is 6.73. The van der Waals surface area contributed by atoms with Crippen LogP contribution in [0.3, 0.4) is 0 Å². The molecule has 1 unspecified atom stereocenters. The molecule has 120 valence electrons. The number of benzene rings is 1. The number of nitrogens with zero attached hydrogens (tertiary/aromatic N) is 1. The minimum atomic E-state index is -2.83. The molecule has 7 heteroatoms. The van der Waals surface area contributed by atoms with Crippen LogP contribution in [0, 0.1) is 5.92 Å². The Morgan fingerprint density at radius 3 is 2.38 bits per heavy atom. The summed E-state index contributed by atoms with van der Waals surface area (Å²) in [5, 5.41) is 2.96. The number of ether oxygens (including phenoxy) is 1. The van der Waals surface area contributed by atoms with Gasteiger partial charge in [-0.2, -0.15) is 8.78 Å². The maximum absolute atomic E-state index is 12.0. The molecule has 0 saturated carbocycles. The molecule has 0 aliphatic carbocycles. The number of carbonyl (C=O) groups is 1. The SMILES string of the molecule is CNCC(C)C(=O)N(C)Cc1ccc(OC(F)F)cc1.Cl. The van der Waals surface area contributed by atoms with Gasteiger partial charge in [-0.05, 0) is 24.7 Å². The summed E-state index contributed by atoms with van der Waals surface area (Å²) in [6.07, 6.45) is 0. The third-order valence-electron chi connectivity index (χ3n) is 2.88. The highest BCUT2D eigenvalue weighted by Crippen LogP contribution is 2.16. The molecule has 0 fully saturated rings. The number of rotatable bonds is 7. The molecule has 4 nitrogen and oxygen atoms in total. The van der Waals surface area contributed by atoms with Crippen LogP contribution in [0.2, 0.25) is 0 Å². The van der Waals surface area contributed by atoms with Crippen LogP contribution < -0.4 is 10.1 Å². The fraction of sp³-hybridized carbons (Fsp3) is 0.500. The maximum atomic E-state index is 12.0. The lowest BCUT2D eigenvalue weighted by Gasteiger charge is -2.21. The molecule has 0 saturated heterocycles. The van der Waals surface area contributed by atoms with Gasteiger partial charge in [-0.25, -0.2) is 0 Å². The van der Waals surface area contributed by atoms with Crippen molar-refractivity contribution in [1.82, 2.24) is 10.2 Å². The van der Waals surface area contributed by atoms with Crippen LogP contribution in [0.15, 0.2) is 24.3 Å². The van der Waals surface area contributed by atoms with Crippen molar-refractivity contribution < 1.29 is 18.3 Å². The van der Waals surface area contributed by atoms with Crippen molar-refractivity contribution in [2.75, 3.05) is 20.6 Å². The van der Waals surface area contributed by atoms with Crippen LogP contribution in [0.25, 0.3) is 0 Å². The predicted molar refractivity (Wildman–Crippen MR) is 79.9 cm³/mol. The molecular weight excluding hydrogens is 302 g/mol. The molecule has 1 amide bonds. The Kier molecular flexibility index (Phi) is 8.89. The van der Waals surface area contributed by atoms with E-state index in [2.05, 4.69) is 10.1 Å². The van der Waals surface area contributed by atoms with E-state index in [0.717, 1.165) is 5.56 Å². The summed E-state index contributed by atoms with van der Waals surface area (Å²) < 4.78 is 28.3. The Balaban J connectivity index is 0.00000400. The van der Waals surface area contributed by atoms with Gasteiger partial charge in [-0.3, -0.25) is 4.79 Å². The van der Waals surface area contributed by atoms with Gasteiger partial charge in [0.15, 0.2) is 0 Å². The van der Waals surface area contributed by atoms with E-state index in [9.17, 15) is 13.6 Å². The van der Waals surface area contributed by atoms with E-state index in [-0.39, 0.29) is 30.0 Å². The Bertz CT molecular complexity index is 429. The zero-order chi connectivity index (χ0) is 15.1. The lowest BCUT2D eigenvalue weighted by Crippen LogP contribution is -2.35. The zero-order valence-corrected chi connectivity index (χ0v) is 13.1. The summed E-state index contributed by atoms with van der Waals surface area (Å²) >= 11 is 0. The summed E-state index contributed by atoms with van der Waals surface area (Å²) in [7, 11) is 3.52. The second-order valence-electron chi connectivity index (χ2n) is 4.68. The molecule has 0 aliphatic heterocycles.